The Labute approximate surface area is 123 Å². The highest BCUT2D eigenvalue weighted by Crippen LogP contribution is 2.23. The van der Waals surface area contributed by atoms with Crippen LogP contribution >= 0.6 is 0 Å². The van der Waals surface area contributed by atoms with Crippen LogP contribution in [0.1, 0.15) is 31.5 Å². The molecule has 0 radical (unpaired) electrons. The van der Waals surface area contributed by atoms with Crippen LogP contribution in [0.2, 0.25) is 0 Å². The summed E-state index contributed by atoms with van der Waals surface area (Å²) >= 11 is 0. The third-order valence-electron chi connectivity index (χ3n) is 4.32. The number of para-hydroxylation sites is 1. The normalized spacial score (nSPS) is 22.8. The number of fused-ring (bicyclic) bond motifs is 1. The lowest BCUT2D eigenvalue weighted by atomic mass is 9.91. The Kier molecular flexibility index (Phi) is 4.03. The van der Waals surface area contributed by atoms with Crippen molar-refractivity contribution < 1.29 is 5.11 Å². The molecule has 2 N–H and O–H groups in total. The number of aliphatic hydroxyl groups excluding tert-OH is 1. The van der Waals surface area contributed by atoms with Crippen LogP contribution in [-0.4, -0.2) is 39.2 Å². The van der Waals surface area contributed by atoms with Gasteiger partial charge < -0.3 is 10.1 Å². The molecule has 1 aromatic carbocycles. The first-order valence-corrected chi connectivity index (χ1v) is 7.51. The van der Waals surface area contributed by atoms with Crippen molar-refractivity contribution in [1.82, 2.24) is 14.9 Å². The summed E-state index contributed by atoms with van der Waals surface area (Å²) in [5, 5.41) is 10.7. The number of aromatic nitrogens is 2. The minimum atomic E-state index is -0.282. The van der Waals surface area contributed by atoms with Gasteiger partial charge in [0.25, 0.3) is 5.56 Å². The Morgan fingerprint density at radius 3 is 2.90 bits per heavy atom. The molecular weight excluding hydrogens is 266 g/mol. The molecule has 1 aromatic heterocycles. The lowest BCUT2D eigenvalue weighted by Crippen LogP contribution is -2.43. The fraction of sp³-hybridized carbons (Fsp3) is 0.500. The van der Waals surface area contributed by atoms with E-state index in [0.29, 0.717) is 23.3 Å². The molecule has 21 heavy (non-hydrogen) atoms. The lowest BCUT2D eigenvalue weighted by molar-refractivity contribution is 0.0278. The van der Waals surface area contributed by atoms with Gasteiger partial charge in [-0.25, -0.2) is 4.98 Å². The second-order valence-corrected chi connectivity index (χ2v) is 5.86. The maximum atomic E-state index is 12.1. The minimum Gasteiger partial charge on any atom is -0.391 e. The van der Waals surface area contributed by atoms with E-state index in [4.69, 9.17) is 0 Å². The second kappa shape index (κ2) is 5.95. The number of hydrogen-bond acceptors (Lipinski definition) is 4. The number of nitrogens with one attached hydrogen (secondary N) is 1. The number of likely N-dealkylation sites (N-methyl/N-ethyl adjacent to an activating group) is 1. The smallest absolute Gasteiger partial charge is 0.258 e. The number of benzene rings is 1. The molecule has 5 heteroatoms. The molecule has 0 spiro atoms. The minimum absolute atomic E-state index is 0.104. The molecular formula is C16H21N3O2. The van der Waals surface area contributed by atoms with Crippen LogP contribution in [0.4, 0.5) is 0 Å². The van der Waals surface area contributed by atoms with E-state index in [-0.39, 0.29) is 17.7 Å². The maximum absolute atomic E-state index is 12.1. The van der Waals surface area contributed by atoms with Gasteiger partial charge in [0.15, 0.2) is 0 Å². The third-order valence-corrected chi connectivity index (χ3v) is 4.32. The lowest BCUT2D eigenvalue weighted by Gasteiger charge is -2.34. The van der Waals surface area contributed by atoms with E-state index in [1.54, 1.807) is 6.07 Å². The zero-order valence-electron chi connectivity index (χ0n) is 12.2. The van der Waals surface area contributed by atoms with Crippen molar-refractivity contribution in [2.24, 2.45) is 0 Å². The van der Waals surface area contributed by atoms with Gasteiger partial charge in [0.2, 0.25) is 0 Å². The van der Waals surface area contributed by atoms with Crippen molar-refractivity contribution in [3.05, 3.63) is 40.4 Å². The quantitative estimate of drug-likeness (QED) is 0.901. The molecule has 0 aliphatic heterocycles. The van der Waals surface area contributed by atoms with Crippen molar-refractivity contribution in [2.75, 3.05) is 7.05 Å². The van der Waals surface area contributed by atoms with Crippen LogP contribution in [-0.2, 0) is 6.54 Å². The Hall–Kier alpha value is -1.72. The van der Waals surface area contributed by atoms with Gasteiger partial charge in [-0.1, -0.05) is 25.0 Å². The van der Waals surface area contributed by atoms with E-state index >= 15 is 0 Å². The summed E-state index contributed by atoms with van der Waals surface area (Å²) in [6.07, 6.45) is 3.81. The summed E-state index contributed by atoms with van der Waals surface area (Å²) in [7, 11) is 1.98. The van der Waals surface area contributed by atoms with E-state index < -0.39 is 0 Å². The van der Waals surface area contributed by atoms with Crippen molar-refractivity contribution in [2.45, 2.75) is 44.4 Å². The number of H-pyrrole nitrogens is 1. The highest BCUT2D eigenvalue weighted by atomic mass is 16.3. The fourth-order valence-electron chi connectivity index (χ4n) is 3.17. The number of nitrogens with zero attached hydrogens (tertiary/aromatic N) is 2. The van der Waals surface area contributed by atoms with E-state index in [2.05, 4.69) is 14.9 Å². The zero-order chi connectivity index (χ0) is 14.8. The van der Waals surface area contributed by atoms with Gasteiger partial charge in [0.05, 0.1) is 23.6 Å². The molecule has 0 bridgehead atoms. The molecule has 1 fully saturated rings. The van der Waals surface area contributed by atoms with E-state index in [9.17, 15) is 9.90 Å². The first kappa shape index (κ1) is 14.2. The zero-order valence-corrected chi connectivity index (χ0v) is 12.2. The topological polar surface area (TPSA) is 69.2 Å². The van der Waals surface area contributed by atoms with Crippen molar-refractivity contribution in [1.29, 1.82) is 0 Å². The molecule has 2 aromatic rings. The Balaban J connectivity index is 1.82. The highest BCUT2D eigenvalue weighted by molar-refractivity contribution is 5.77. The van der Waals surface area contributed by atoms with Crippen molar-refractivity contribution in [3.63, 3.8) is 0 Å². The van der Waals surface area contributed by atoms with Gasteiger partial charge in [0, 0.05) is 6.04 Å². The van der Waals surface area contributed by atoms with Gasteiger partial charge in [-0.05, 0) is 32.0 Å². The molecule has 1 heterocycles. The molecule has 2 unspecified atom stereocenters. The fourth-order valence-corrected chi connectivity index (χ4v) is 3.17. The first-order valence-electron chi connectivity index (χ1n) is 7.51. The van der Waals surface area contributed by atoms with Crippen molar-refractivity contribution >= 4 is 10.9 Å². The van der Waals surface area contributed by atoms with Crippen LogP contribution < -0.4 is 5.56 Å². The van der Waals surface area contributed by atoms with Crippen LogP contribution in [0.3, 0.4) is 0 Å². The van der Waals surface area contributed by atoms with Crippen molar-refractivity contribution in [3.8, 4) is 0 Å². The molecule has 1 saturated carbocycles. The number of aliphatic hydroxyl groups is 1. The van der Waals surface area contributed by atoms with Gasteiger partial charge in [0.1, 0.15) is 5.82 Å². The molecule has 5 nitrogen and oxygen atoms in total. The predicted molar refractivity (Wildman–Crippen MR) is 82.1 cm³/mol. The summed E-state index contributed by atoms with van der Waals surface area (Å²) in [6, 6.07) is 7.50. The predicted octanol–water partition coefficient (Wildman–Crippen LogP) is 1.66. The molecule has 112 valence electrons. The highest BCUT2D eigenvalue weighted by Gasteiger charge is 2.26. The molecule has 2 atom stereocenters. The molecule has 3 rings (SSSR count). The van der Waals surface area contributed by atoms with Crippen LogP contribution in [0.5, 0.6) is 0 Å². The first-order chi connectivity index (χ1) is 10.1. The average Bonchev–Trinajstić information content (AvgIpc) is 2.47. The van der Waals surface area contributed by atoms with Gasteiger partial charge >= 0.3 is 0 Å². The Morgan fingerprint density at radius 1 is 1.33 bits per heavy atom. The molecule has 1 aliphatic carbocycles. The largest absolute Gasteiger partial charge is 0.391 e. The van der Waals surface area contributed by atoms with Crippen LogP contribution in [0.15, 0.2) is 29.1 Å². The number of aromatic amines is 1. The SMILES string of the molecule is CN(Cc1nc2ccccc2c(=O)[nH]1)C1CCCCC1O. The molecule has 1 aliphatic rings. The van der Waals surface area contributed by atoms with E-state index in [0.717, 1.165) is 25.7 Å². The van der Waals surface area contributed by atoms with Gasteiger partial charge in [-0.15, -0.1) is 0 Å². The summed E-state index contributed by atoms with van der Waals surface area (Å²) in [4.78, 5) is 21.5. The summed E-state index contributed by atoms with van der Waals surface area (Å²) in [5.41, 5.74) is 0.613. The van der Waals surface area contributed by atoms with E-state index in [1.165, 1.54) is 0 Å². The van der Waals surface area contributed by atoms with Crippen LogP contribution in [0.25, 0.3) is 10.9 Å². The van der Waals surface area contributed by atoms with Crippen LogP contribution in [0, 0.1) is 0 Å². The van der Waals surface area contributed by atoms with Gasteiger partial charge in [-0.3, -0.25) is 9.69 Å². The monoisotopic (exact) mass is 287 g/mol. The van der Waals surface area contributed by atoms with E-state index in [1.807, 2.05) is 25.2 Å². The Bertz CT molecular complexity index is 683. The molecule has 0 amide bonds. The summed E-state index contributed by atoms with van der Waals surface area (Å²) in [6.45, 7) is 0.543. The standard InChI is InChI=1S/C16H21N3O2/c1-19(13-8-4-5-9-14(13)20)10-15-17-12-7-3-2-6-11(12)16(21)18-15/h2-3,6-7,13-14,20H,4-5,8-10H2,1H3,(H,17,18,21). The Morgan fingerprint density at radius 2 is 2.10 bits per heavy atom. The maximum Gasteiger partial charge on any atom is 0.258 e. The third kappa shape index (κ3) is 2.99. The average molecular weight is 287 g/mol. The number of rotatable bonds is 3. The second-order valence-electron chi connectivity index (χ2n) is 5.86. The number of hydrogen-bond donors (Lipinski definition) is 2. The summed E-state index contributed by atoms with van der Waals surface area (Å²) < 4.78 is 0. The molecule has 0 saturated heterocycles. The van der Waals surface area contributed by atoms with Gasteiger partial charge in [-0.2, -0.15) is 0 Å². The summed E-state index contributed by atoms with van der Waals surface area (Å²) in [5.74, 6) is 0.652.